The van der Waals surface area contributed by atoms with Gasteiger partial charge in [0.05, 0.1) is 9.99 Å². The number of hydrogen-bond donors (Lipinski definition) is 0. The van der Waals surface area contributed by atoms with Gasteiger partial charge in [-0.25, -0.2) is 0 Å². The highest BCUT2D eigenvalue weighted by atomic mass is 127. The normalized spacial score (nSPS) is 12.7. The molecule has 1 heterocycles. The van der Waals surface area contributed by atoms with Crippen LogP contribution in [0, 0.1) is 13.1 Å². The van der Waals surface area contributed by atoms with Gasteiger partial charge in [-0.3, -0.25) is 0 Å². The van der Waals surface area contributed by atoms with Crippen LogP contribution in [0.5, 0.6) is 0 Å². The van der Waals surface area contributed by atoms with Crippen molar-refractivity contribution >= 4 is 98.8 Å². The van der Waals surface area contributed by atoms with Crippen LogP contribution in [0.25, 0.3) is 21.8 Å². The van der Waals surface area contributed by atoms with Crippen LogP contribution in [-0.4, -0.2) is 4.57 Å². The summed E-state index contributed by atoms with van der Waals surface area (Å²) in [6.45, 7) is 5.74. The number of benzene rings is 2. The summed E-state index contributed by atoms with van der Waals surface area (Å²) in [5.41, 5.74) is 2.74. The molecule has 0 N–H and O–H groups in total. The molecule has 1 aromatic heterocycles. The van der Waals surface area contributed by atoms with Gasteiger partial charge in [0.15, 0.2) is 0 Å². The quantitative estimate of drug-likeness (QED) is 0.0682. The van der Waals surface area contributed by atoms with Crippen LogP contribution in [0.2, 0.25) is 0 Å². The Labute approximate surface area is 270 Å². The summed E-state index contributed by atoms with van der Waals surface area (Å²) in [5.74, 6) is 0.745. The Balaban J connectivity index is 1.76. The fraction of sp³-hybridized carbons (Fsp3) is 0.625. The third-order valence-corrected chi connectivity index (χ3v) is 12.2. The first-order valence-electron chi connectivity index (χ1n) is 14.7. The molecule has 3 aromatic rings. The van der Waals surface area contributed by atoms with E-state index in [1.807, 2.05) is 0 Å². The van der Waals surface area contributed by atoms with E-state index < -0.39 is 0 Å². The highest BCUT2D eigenvalue weighted by Crippen LogP contribution is 2.41. The molecule has 0 aliphatic carbocycles. The summed E-state index contributed by atoms with van der Waals surface area (Å²) in [4.78, 5) is 0. The molecule has 0 aliphatic heterocycles. The zero-order chi connectivity index (χ0) is 26.6. The molecular weight excluding hydrogens is 812 g/mol. The lowest BCUT2D eigenvalue weighted by Crippen LogP contribution is -2.12. The maximum atomic E-state index is 3.98. The number of unbranched alkanes of at least 4 members (excludes halogenated alkanes) is 12. The number of nitrogens with zero attached hydrogens (tertiary/aromatic N) is 1. The van der Waals surface area contributed by atoms with Crippen LogP contribution in [0.1, 0.15) is 117 Å². The van der Waals surface area contributed by atoms with Gasteiger partial charge in [-0.15, -0.1) is 0 Å². The van der Waals surface area contributed by atoms with E-state index in [2.05, 4.69) is 120 Å². The lowest BCUT2D eigenvalue weighted by Gasteiger charge is -2.20. The van der Waals surface area contributed by atoms with Crippen molar-refractivity contribution < 1.29 is 0 Å². The fourth-order valence-electron chi connectivity index (χ4n) is 5.69. The molecule has 0 aliphatic rings. The maximum absolute atomic E-state index is 3.98. The number of hydrogen-bond acceptors (Lipinski definition) is 0. The highest BCUT2D eigenvalue weighted by molar-refractivity contribution is 14.1. The SMILES string of the molecule is CCCCCCCCCCC(CCCCCCCC)Cn1c2ccc(I)cc2c2cc(I)c(Br)c(Br)c21. The molecule has 5 heteroatoms. The minimum absolute atomic E-state index is 0.745. The van der Waals surface area contributed by atoms with Crippen LogP contribution in [-0.2, 0) is 6.54 Å². The second-order valence-corrected chi connectivity index (χ2v) is 14.8. The first kappa shape index (κ1) is 32.2. The van der Waals surface area contributed by atoms with Gasteiger partial charge in [0.2, 0.25) is 0 Å². The van der Waals surface area contributed by atoms with Crippen molar-refractivity contribution in [1.82, 2.24) is 4.57 Å². The molecule has 0 bridgehead atoms. The van der Waals surface area contributed by atoms with Crippen molar-refractivity contribution in [3.63, 3.8) is 0 Å². The van der Waals surface area contributed by atoms with E-state index >= 15 is 0 Å². The van der Waals surface area contributed by atoms with Crippen LogP contribution in [0.4, 0.5) is 0 Å². The largest absolute Gasteiger partial charge is 0.339 e. The average molecular weight is 857 g/mol. The van der Waals surface area contributed by atoms with Crippen molar-refractivity contribution in [2.75, 3.05) is 0 Å². The zero-order valence-corrected chi connectivity index (χ0v) is 30.4. The first-order valence-corrected chi connectivity index (χ1v) is 18.5. The zero-order valence-electron chi connectivity index (χ0n) is 22.9. The Hall–Kier alpha value is 0.660. The Morgan fingerprint density at radius 1 is 0.676 bits per heavy atom. The van der Waals surface area contributed by atoms with Gasteiger partial charge in [0.1, 0.15) is 0 Å². The van der Waals surface area contributed by atoms with E-state index in [9.17, 15) is 0 Å². The maximum Gasteiger partial charge on any atom is 0.0648 e. The third kappa shape index (κ3) is 9.62. The predicted molar refractivity (Wildman–Crippen MR) is 189 cm³/mol. The minimum Gasteiger partial charge on any atom is -0.339 e. The summed E-state index contributed by atoms with van der Waals surface area (Å²) in [5, 5.41) is 2.76. The molecule has 0 saturated heterocycles. The van der Waals surface area contributed by atoms with E-state index in [0.717, 1.165) is 12.5 Å². The second kappa shape index (κ2) is 17.5. The lowest BCUT2D eigenvalue weighted by atomic mass is 9.93. The van der Waals surface area contributed by atoms with E-state index in [-0.39, 0.29) is 0 Å². The van der Waals surface area contributed by atoms with Crippen LogP contribution < -0.4 is 0 Å². The molecule has 0 amide bonds. The smallest absolute Gasteiger partial charge is 0.0648 e. The van der Waals surface area contributed by atoms with Gasteiger partial charge in [-0.1, -0.05) is 104 Å². The number of halogens is 4. The first-order chi connectivity index (χ1) is 18.0. The van der Waals surface area contributed by atoms with E-state index in [1.165, 1.54) is 141 Å². The molecule has 1 atom stereocenters. The summed E-state index contributed by atoms with van der Waals surface area (Å²) in [6.07, 6.45) is 22.2. The molecule has 37 heavy (non-hydrogen) atoms. The van der Waals surface area contributed by atoms with E-state index in [1.54, 1.807) is 0 Å². The summed E-state index contributed by atoms with van der Waals surface area (Å²) < 4.78 is 7.58. The second-order valence-electron chi connectivity index (χ2n) is 10.8. The third-order valence-electron chi connectivity index (χ3n) is 7.82. The van der Waals surface area contributed by atoms with Crippen molar-refractivity contribution in [3.05, 3.63) is 40.4 Å². The van der Waals surface area contributed by atoms with Gasteiger partial charge in [0.25, 0.3) is 0 Å². The molecule has 0 saturated carbocycles. The Morgan fingerprint density at radius 2 is 1.22 bits per heavy atom. The summed E-state index contributed by atoms with van der Waals surface area (Å²) >= 11 is 12.7. The van der Waals surface area contributed by atoms with Crippen LogP contribution >= 0.6 is 77.0 Å². The molecule has 0 radical (unpaired) electrons. The highest BCUT2D eigenvalue weighted by Gasteiger charge is 2.20. The van der Waals surface area contributed by atoms with E-state index in [0.29, 0.717) is 0 Å². The summed E-state index contributed by atoms with van der Waals surface area (Å²) in [6, 6.07) is 9.35. The van der Waals surface area contributed by atoms with Crippen molar-refractivity contribution in [2.45, 2.75) is 123 Å². The van der Waals surface area contributed by atoms with Gasteiger partial charge in [0, 0.05) is 34.4 Å². The van der Waals surface area contributed by atoms with Crippen molar-refractivity contribution in [1.29, 1.82) is 0 Å². The van der Waals surface area contributed by atoms with Gasteiger partial charge in [-0.05, 0) is 120 Å². The topological polar surface area (TPSA) is 4.93 Å². The Kier molecular flexibility index (Phi) is 15.2. The molecule has 1 nitrogen and oxygen atoms in total. The molecule has 0 fully saturated rings. The molecule has 2 aromatic carbocycles. The Bertz CT molecular complexity index is 1110. The van der Waals surface area contributed by atoms with Crippen molar-refractivity contribution in [2.24, 2.45) is 5.92 Å². The van der Waals surface area contributed by atoms with Gasteiger partial charge < -0.3 is 4.57 Å². The number of aromatic nitrogens is 1. The molecule has 3 rings (SSSR count). The fourth-order valence-corrected chi connectivity index (χ4v) is 8.08. The summed E-state index contributed by atoms with van der Waals surface area (Å²) in [7, 11) is 0. The molecular formula is C32H45Br2I2N. The average Bonchev–Trinajstić information content (AvgIpc) is 3.18. The van der Waals surface area contributed by atoms with Gasteiger partial charge in [-0.2, -0.15) is 0 Å². The minimum atomic E-state index is 0.745. The van der Waals surface area contributed by atoms with Crippen molar-refractivity contribution in [3.8, 4) is 0 Å². The lowest BCUT2D eigenvalue weighted by molar-refractivity contribution is 0.364. The number of fused-ring (bicyclic) bond motifs is 3. The van der Waals surface area contributed by atoms with Gasteiger partial charge >= 0.3 is 0 Å². The van der Waals surface area contributed by atoms with Crippen LogP contribution in [0.15, 0.2) is 33.2 Å². The Morgan fingerprint density at radius 3 is 1.78 bits per heavy atom. The molecule has 1 unspecified atom stereocenters. The standard InChI is InChI=1S/C32H45Br2I2N/c1-3-5-7-9-11-12-14-16-18-24(17-15-13-10-8-6-4-2)23-37-29-20-19-25(35)21-26(29)27-22-28(36)30(33)31(34)32(27)37/h19-22,24H,3-18,23H2,1-2H3. The van der Waals surface area contributed by atoms with E-state index in [4.69, 9.17) is 0 Å². The monoisotopic (exact) mass is 855 g/mol. The molecule has 0 spiro atoms. The number of rotatable bonds is 18. The molecule has 206 valence electrons. The predicted octanol–water partition coefficient (Wildman–Crippen LogP) is 13.4. The van der Waals surface area contributed by atoms with Crippen LogP contribution in [0.3, 0.4) is 0 Å².